The highest BCUT2D eigenvalue weighted by atomic mass is 16.3. The van der Waals surface area contributed by atoms with Crippen molar-refractivity contribution in [3.05, 3.63) is 0 Å². The van der Waals surface area contributed by atoms with Crippen molar-refractivity contribution >= 4 is 0 Å². The molecule has 0 amide bonds. The van der Waals surface area contributed by atoms with Gasteiger partial charge in [-0.25, -0.2) is 0 Å². The average molecular weight is 157 g/mol. The van der Waals surface area contributed by atoms with Gasteiger partial charge in [0.1, 0.15) is 0 Å². The van der Waals surface area contributed by atoms with Crippen molar-refractivity contribution in [3.63, 3.8) is 0 Å². The Morgan fingerprint density at radius 2 is 2.18 bits per heavy atom. The second-order valence-electron chi connectivity index (χ2n) is 3.76. The molecule has 2 unspecified atom stereocenters. The Labute approximate surface area is 68.8 Å². The lowest BCUT2D eigenvalue weighted by Gasteiger charge is -2.32. The van der Waals surface area contributed by atoms with Gasteiger partial charge in [-0.05, 0) is 37.6 Å². The minimum absolute atomic E-state index is 0.250. The molecule has 0 bridgehead atoms. The van der Waals surface area contributed by atoms with Crippen molar-refractivity contribution < 1.29 is 5.11 Å². The second-order valence-corrected chi connectivity index (χ2v) is 3.76. The Balaban J connectivity index is 2.56. The van der Waals surface area contributed by atoms with Crippen LogP contribution in [0.1, 0.15) is 33.1 Å². The molecule has 0 aliphatic heterocycles. The quantitative estimate of drug-likeness (QED) is 0.642. The average Bonchev–Trinajstić information content (AvgIpc) is 2.84. The fraction of sp³-hybridized carbons (Fsp3) is 1.00. The van der Waals surface area contributed by atoms with E-state index in [2.05, 4.69) is 0 Å². The maximum Gasteiger partial charge on any atom is 0.0710 e. The Kier molecular flexibility index (Phi) is 2.55. The van der Waals surface area contributed by atoms with Crippen LogP contribution in [0.4, 0.5) is 0 Å². The van der Waals surface area contributed by atoms with Crippen molar-refractivity contribution in [1.29, 1.82) is 0 Å². The van der Waals surface area contributed by atoms with Gasteiger partial charge in [0.15, 0.2) is 0 Å². The SMILES string of the molecule is CCC(O)(C(C)CN)C1CC1. The van der Waals surface area contributed by atoms with Crippen LogP contribution in [-0.4, -0.2) is 17.3 Å². The molecular formula is C9H19NO. The molecule has 0 aromatic carbocycles. The van der Waals surface area contributed by atoms with Crippen molar-refractivity contribution in [1.82, 2.24) is 0 Å². The summed E-state index contributed by atoms with van der Waals surface area (Å²) in [4.78, 5) is 0. The van der Waals surface area contributed by atoms with Crippen LogP contribution in [0.15, 0.2) is 0 Å². The zero-order valence-electron chi connectivity index (χ0n) is 7.51. The molecule has 0 aromatic rings. The van der Waals surface area contributed by atoms with Gasteiger partial charge in [0.25, 0.3) is 0 Å². The monoisotopic (exact) mass is 157 g/mol. The van der Waals surface area contributed by atoms with E-state index in [1.54, 1.807) is 0 Å². The van der Waals surface area contributed by atoms with Gasteiger partial charge in [-0.15, -0.1) is 0 Å². The van der Waals surface area contributed by atoms with Crippen molar-refractivity contribution in [2.45, 2.75) is 38.7 Å². The van der Waals surface area contributed by atoms with E-state index >= 15 is 0 Å². The molecule has 0 heterocycles. The summed E-state index contributed by atoms with van der Waals surface area (Å²) in [5, 5.41) is 10.1. The van der Waals surface area contributed by atoms with Gasteiger partial charge in [0, 0.05) is 0 Å². The molecule has 1 fully saturated rings. The maximum absolute atomic E-state index is 10.1. The third-order valence-corrected chi connectivity index (χ3v) is 3.06. The molecule has 1 aliphatic rings. The van der Waals surface area contributed by atoms with E-state index in [-0.39, 0.29) is 5.92 Å². The summed E-state index contributed by atoms with van der Waals surface area (Å²) >= 11 is 0. The smallest absolute Gasteiger partial charge is 0.0710 e. The highest BCUT2D eigenvalue weighted by molar-refractivity contribution is 4.97. The third-order valence-electron chi connectivity index (χ3n) is 3.06. The topological polar surface area (TPSA) is 46.2 Å². The van der Waals surface area contributed by atoms with Crippen molar-refractivity contribution in [2.75, 3.05) is 6.54 Å². The predicted octanol–water partition coefficient (Wildman–Crippen LogP) is 1.13. The fourth-order valence-electron chi connectivity index (χ4n) is 1.83. The molecule has 2 nitrogen and oxygen atoms in total. The molecule has 0 aromatic heterocycles. The summed E-state index contributed by atoms with van der Waals surface area (Å²) in [7, 11) is 0. The molecule has 0 radical (unpaired) electrons. The lowest BCUT2D eigenvalue weighted by Crippen LogP contribution is -2.41. The number of hydrogen-bond donors (Lipinski definition) is 2. The molecule has 0 saturated heterocycles. The first-order valence-corrected chi connectivity index (χ1v) is 4.57. The van der Waals surface area contributed by atoms with Gasteiger partial charge in [0.2, 0.25) is 0 Å². The molecule has 1 rings (SSSR count). The van der Waals surface area contributed by atoms with Gasteiger partial charge in [-0.3, -0.25) is 0 Å². The first-order chi connectivity index (χ1) is 5.15. The zero-order valence-corrected chi connectivity index (χ0v) is 7.51. The van der Waals surface area contributed by atoms with Gasteiger partial charge >= 0.3 is 0 Å². The summed E-state index contributed by atoms with van der Waals surface area (Å²) in [5.41, 5.74) is 5.08. The Bertz CT molecular complexity index is 134. The summed E-state index contributed by atoms with van der Waals surface area (Å²) in [5.74, 6) is 0.783. The highest BCUT2D eigenvalue weighted by Gasteiger charge is 2.45. The van der Waals surface area contributed by atoms with E-state index in [0.29, 0.717) is 12.5 Å². The largest absolute Gasteiger partial charge is 0.389 e. The standard InChI is InChI=1S/C9H19NO/c1-3-9(11,7(2)6-10)8-4-5-8/h7-8,11H,3-6,10H2,1-2H3. The Morgan fingerprint density at radius 1 is 1.64 bits per heavy atom. The normalized spacial score (nSPS) is 26.2. The van der Waals surface area contributed by atoms with Crippen molar-refractivity contribution in [2.24, 2.45) is 17.6 Å². The van der Waals surface area contributed by atoms with Gasteiger partial charge in [-0.1, -0.05) is 13.8 Å². The zero-order chi connectivity index (χ0) is 8.48. The highest BCUT2D eigenvalue weighted by Crippen LogP contribution is 2.45. The second kappa shape index (κ2) is 3.11. The number of rotatable bonds is 4. The number of hydrogen-bond acceptors (Lipinski definition) is 2. The molecule has 3 N–H and O–H groups in total. The first kappa shape index (κ1) is 9.01. The molecule has 1 saturated carbocycles. The van der Waals surface area contributed by atoms with Crippen LogP contribution in [0.25, 0.3) is 0 Å². The van der Waals surface area contributed by atoms with E-state index in [1.165, 1.54) is 12.8 Å². The Hall–Kier alpha value is -0.0800. The van der Waals surface area contributed by atoms with E-state index in [0.717, 1.165) is 6.42 Å². The molecular weight excluding hydrogens is 138 g/mol. The van der Waals surface area contributed by atoms with E-state index in [1.807, 2.05) is 13.8 Å². The minimum atomic E-state index is -0.464. The van der Waals surface area contributed by atoms with Gasteiger partial charge in [-0.2, -0.15) is 0 Å². The summed E-state index contributed by atoms with van der Waals surface area (Å²) in [6.07, 6.45) is 3.22. The summed E-state index contributed by atoms with van der Waals surface area (Å²) in [6, 6.07) is 0. The van der Waals surface area contributed by atoms with E-state index in [4.69, 9.17) is 5.73 Å². The Morgan fingerprint density at radius 3 is 2.45 bits per heavy atom. The molecule has 11 heavy (non-hydrogen) atoms. The lowest BCUT2D eigenvalue weighted by molar-refractivity contribution is -0.0329. The van der Waals surface area contributed by atoms with Crippen LogP contribution in [0.3, 0.4) is 0 Å². The molecule has 2 atom stereocenters. The minimum Gasteiger partial charge on any atom is -0.389 e. The van der Waals surface area contributed by atoms with Gasteiger partial charge in [0.05, 0.1) is 5.60 Å². The van der Waals surface area contributed by atoms with Crippen LogP contribution in [0.5, 0.6) is 0 Å². The molecule has 66 valence electrons. The first-order valence-electron chi connectivity index (χ1n) is 4.57. The van der Waals surface area contributed by atoms with Crippen LogP contribution < -0.4 is 5.73 Å². The van der Waals surface area contributed by atoms with Crippen LogP contribution >= 0.6 is 0 Å². The molecule has 0 spiro atoms. The molecule has 2 heteroatoms. The maximum atomic E-state index is 10.1. The van der Waals surface area contributed by atoms with Crippen molar-refractivity contribution in [3.8, 4) is 0 Å². The fourth-order valence-corrected chi connectivity index (χ4v) is 1.83. The van der Waals surface area contributed by atoms with Crippen LogP contribution in [0.2, 0.25) is 0 Å². The number of nitrogens with two attached hydrogens (primary N) is 1. The summed E-state index contributed by atoms with van der Waals surface area (Å²) in [6.45, 7) is 4.69. The summed E-state index contributed by atoms with van der Waals surface area (Å²) < 4.78 is 0. The molecule has 1 aliphatic carbocycles. The third kappa shape index (κ3) is 1.57. The van der Waals surface area contributed by atoms with E-state index < -0.39 is 5.60 Å². The van der Waals surface area contributed by atoms with Crippen LogP contribution in [0, 0.1) is 11.8 Å². The predicted molar refractivity (Wildman–Crippen MR) is 46.2 cm³/mol. The lowest BCUT2D eigenvalue weighted by atomic mass is 9.82. The van der Waals surface area contributed by atoms with Crippen LogP contribution in [-0.2, 0) is 0 Å². The van der Waals surface area contributed by atoms with E-state index in [9.17, 15) is 5.11 Å². The number of aliphatic hydroxyl groups is 1. The van der Waals surface area contributed by atoms with Gasteiger partial charge < -0.3 is 10.8 Å².